The van der Waals surface area contributed by atoms with Gasteiger partial charge in [0.05, 0.1) is 16.8 Å². The van der Waals surface area contributed by atoms with E-state index in [9.17, 15) is 31.1 Å². The summed E-state index contributed by atoms with van der Waals surface area (Å²) < 4.78 is 82.0. The third-order valence-corrected chi connectivity index (χ3v) is 5.14. The number of benzene rings is 2. The summed E-state index contributed by atoms with van der Waals surface area (Å²) in [6.45, 7) is 0. The van der Waals surface area contributed by atoms with E-state index >= 15 is 0 Å². The van der Waals surface area contributed by atoms with Crippen LogP contribution in [0.1, 0.15) is 22.4 Å². The van der Waals surface area contributed by atoms with Crippen LogP contribution in [0, 0.1) is 0 Å². The standard InChI is InChI=1S/C22H16F6N4OS/c1-30-34-17-4-2-3-12(9-17)18(19(29)33)11-16-5-6-31-20(32-16)13-7-14(21(23,24)25)10-15(8-13)22(26,27)28/h2-11,30H,1H3,(H2,29,33)/b18-11+. The molecule has 12 heteroatoms. The zero-order chi connectivity index (χ0) is 25.1. The van der Waals surface area contributed by atoms with Crippen LogP contribution in [0.5, 0.6) is 0 Å². The Kier molecular flexibility index (Phi) is 7.32. The molecule has 178 valence electrons. The lowest BCUT2D eigenvalue weighted by molar-refractivity contribution is -0.143. The Morgan fingerprint density at radius 3 is 2.21 bits per heavy atom. The Labute approximate surface area is 194 Å². The molecule has 0 aliphatic rings. The second-order valence-electron chi connectivity index (χ2n) is 6.86. The highest BCUT2D eigenvalue weighted by Gasteiger charge is 2.37. The number of primary amides is 1. The van der Waals surface area contributed by atoms with E-state index < -0.39 is 35.0 Å². The molecule has 1 amide bonds. The lowest BCUT2D eigenvalue weighted by Crippen LogP contribution is -2.13. The molecule has 0 fully saturated rings. The summed E-state index contributed by atoms with van der Waals surface area (Å²) >= 11 is 1.29. The fourth-order valence-electron chi connectivity index (χ4n) is 2.97. The third-order valence-electron chi connectivity index (χ3n) is 4.45. The van der Waals surface area contributed by atoms with Gasteiger partial charge in [-0.15, -0.1) is 0 Å². The molecule has 3 aromatic rings. The number of carbonyl (C=O) groups excluding carboxylic acids is 1. The predicted molar refractivity (Wildman–Crippen MR) is 116 cm³/mol. The molecule has 2 aromatic carbocycles. The van der Waals surface area contributed by atoms with Gasteiger partial charge in [0.1, 0.15) is 0 Å². The van der Waals surface area contributed by atoms with E-state index in [0.717, 1.165) is 11.1 Å². The number of alkyl halides is 6. The van der Waals surface area contributed by atoms with Gasteiger partial charge in [-0.05, 0) is 67.0 Å². The average molecular weight is 498 g/mol. The molecule has 3 N–H and O–H groups in total. The van der Waals surface area contributed by atoms with Crippen LogP contribution in [0.25, 0.3) is 23.0 Å². The normalized spacial score (nSPS) is 12.6. The quantitative estimate of drug-likeness (QED) is 0.269. The molecule has 5 nitrogen and oxygen atoms in total. The molecule has 0 unspecified atom stereocenters. The molecule has 0 saturated heterocycles. The largest absolute Gasteiger partial charge is 0.416 e. The minimum Gasteiger partial charge on any atom is -0.366 e. The first-order valence-corrected chi connectivity index (χ1v) is 10.3. The topological polar surface area (TPSA) is 80.9 Å². The molecular weight excluding hydrogens is 482 g/mol. The maximum atomic E-state index is 13.2. The van der Waals surface area contributed by atoms with Crippen LogP contribution in [0.4, 0.5) is 26.3 Å². The van der Waals surface area contributed by atoms with Gasteiger partial charge in [0.15, 0.2) is 5.82 Å². The molecule has 3 rings (SSSR count). The van der Waals surface area contributed by atoms with E-state index in [1.54, 1.807) is 31.3 Å². The molecule has 0 atom stereocenters. The van der Waals surface area contributed by atoms with Crippen molar-refractivity contribution in [3.63, 3.8) is 0 Å². The predicted octanol–water partition coefficient (Wildman–Crippen LogP) is 5.43. The summed E-state index contributed by atoms with van der Waals surface area (Å²) in [6.07, 6.45) is -7.57. The van der Waals surface area contributed by atoms with Crippen molar-refractivity contribution < 1.29 is 31.1 Å². The number of amides is 1. The highest BCUT2D eigenvalue weighted by Crippen LogP contribution is 2.38. The Morgan fingerprint density at radius 2 is 1.65 bits per heavy atom. The molecule has 0 radical (unpaired) electrons. The van der Waals surface area contributed by atoms with Crippen LogP contribution >= 0.6 is 11.9 Å². The number of nitrogens with zero attached hydrogens (tertiary/aromatic N) is 2. The Bertz CT molecular complexity index is 1210. The van der Waals surface area contributed by atoms with Gasteiger partial charge in [0.25, 0.3) is 0 Å². The van der Waals surface area contributed by atoms with Crippen LogP contribution in [0.2, 0.25) is 0 Å². The van der Waals surface area contributed by atoms with Crippen molar-refractivity contribution in [2.45, 2.75) is 17.2 Å². The Morgan fingerprint density at radius 1 is 1.00 bits per heavy atom. The summed E-state index contributed by atoms with van der Waals surface area (Å²) in [5.41, 5.74) is 2.61. The van der Waals surface area contributed by atoms with Crippen molar-refractivity contribution >= 4 is 29.5 Å². The number of halogens is 6. The number of nitrogens with one attached hydrogen (secondary N) is 1. The van der Waals surface area contributed by atoms with E-state index in [0.29, 0.717) is 17.7 Å². The molecular formula is C22H16F6N4OS. The summed E-state index contributed by atoms with van der Waals surface area (Å²) in [5, 5.41) is 0. The minimum absolute atomic E-state index is 0.0224. The first-order chi connectivity index (χ1) is 15.9. The van der Waals surface area contributed by atoms with Gasteiger partial charge in [0.2, 0.25) is 5.91 Å². The second kappa shape index (κ2) is 9.85. The van der Waals surface area contributed by atoms with Crippen LogP contribution in [-0.2, 0) is 17.1 Å². The van der Waals surface area contributed by atoms with Crippen molar-refractivity contribution in [3.8, 4) is 11.4 Å². The summed E-state index contributed by atoms with van der Waals surface area (Å²) in [6, 6.07) is 9.22. The van der Waals surface area contributed by atoms with E-state index in [-0.39, 0.29) is 23.2 Å². The molecule has 0 aliphatic carbocycles. The van der Waals surface area contributed by atoms with E-state index in [1.165, 1.54) is 24.1 Å². The van der Waals surface area contributed by atoms with Crippen molar-refractivity contribution in [1.82, 2.24) is 14.7 Å². The van der Waals surface area contributed by atoms with E-state index in [2.05, 4.69) is 14.7 Å². The summed E-state index contributed by atoms with van der Waals surface area (Å²) in [5.74, 6) is -1.18. The zero-order valence-electron chi connectivity index (χ0n) is 17.3. The zero-order valence-corrected chi connectivity index (χ0v) is 18.1. The van der Waals surface area contributed by atoms with Crippen molar-refractivity contribution in [2.75, 3.05) is 7.05 Å². The van der Waals surface area contributed by atoms with Gasteiger partial charge in [-0.25, -0.2) is 9.97 Å². The van der Waals surface area contributed by atoms with E-state index in [4.69, 9.17) is 5.73 Å². The van der Waals surface area contributed by atoms with Gasteiger partial charge < -0.3 is 5.73 Å². The number of aromatic nitrogens is 2. The van der Waals surface area contributed by atoms with Gasteiger partial charge in [-0.2, -0.15) is 26.3 Å². The average Bonchev–Trinajstić information content (AvgIpc) is 2.76. The maximum Gasteiger partial charge on any atom is 0.416 e. The van der Waals surface area contributed by atoms with Gasteiger partial charge >= 0.3 is 12.4 Å². The molecule has 34 heavy (non-hydrogen) atoms. The van der Waals surface area contributed by atoms with Crippen molar-refractivity contribution in [1.29, 1.82) is 0 Å². The lowest BCUT2D eigenvalue weighted by atomic mass is 10.0. The van der Waals surface area contributed by atoms with Crippen molar-refractivity contribution in [3.05, 3.63) is 77.1 Å². The summed E-state index contributed by atoms with van der Waals surface area (Å²) in [7, 11) is 1.71. The summed E-state index contributed by atoms with van der Waals surface area (Å²) in [4.78, 5) is 20.7. The number of hydrogen-bond donors (Lipinski definition) is 2. The third kappa shape index (κ3) is 6.14. The van der Waals surface area contributed by atoms with Crippen LogP contribution < -0.4 is 10.5 Å². The minimum atomic E-state index is -5.01. The molecule has 0 aliphatic heterocycles. The second-order valence-corrected chi connectivity index (χ2v) is 7.94. The highest BCUT2D eigenvalue weighted by molar-refractivity contribution is 7.97. The molecule has 1 heterocycles. The first-order valence-electron chi connectivity index (χ1n) is 9.47. The fourth-order valence-corrected chi connectivity index (χ4v) is 3.53. The molecule has 0 bridgehead atoms. The van der Waals surface area contributed by atoms with Gasteiger partial charge in [-0.3, -0.25) is 9.52 Å². The number of rotatable bonds is 6. The van der Waals surface area contributed by atoms with Gasteiger partial charge in [-0.1, -0.05) is 12.1 Å². The molecule has 0 saturated carbocycles. The number of nitrogens with two attached hydrogens (primary N) is 1. The number of hydrogen-bond acceptors (Lipinski definition) is 5. The monoisotopic (exact) mass is 498 g/mol. The van der Waals surface area contributed by atoms with Crippen LogP contribution in [0.15, 0.2) is 59.6 Å². The SMILES string of the molecule is CNSc1cccc(/C(=C\c2ccnc(-c3cc(C(F)(F)F)cc(C(F)(F)F)c3)n2)C(N)=O)c1. The Hall–Kier alpha value is -3.38. The fraction of sp³-hybridized carbons (Fsp3) is 0.136. The Balaban J connectivity index is 2.10. The van der Waals surface area contributed by atoms with Crippen LogP contribution in [0.3, 0.4) is 0 Å². The number of carbonyl (C=O) groups is 1. The van der Waals surface area contributed by atoms with E-state index in [1.807, 2.05) is 0 Å². The molecule has 1 aromatic heterocycles. The lowest BCUT2D eigenvalue weighted by Gasteiger charge is -2.14. The van der Waals surface area contributed by atoms with Gasteiger partial charge in [0, 0.05) is 22.2 Å². The highest BCUT2D eigenvalue weighted by atomic mass is 32.2. The maximum absolute atomic E-state index is 13.2. The first kappa shape index (κ1) is 25.2. The smallest absolute Gasteiger partial charge is 0.366 e. The van der Waals surface area contributed by atoms with Crippen molar-refractivity contribution in [2.24, 2.45) is 5.73 Å². The van der Waals surface area contributed by atoms with Crippen LogP contribution in [-0.4, -0.2) is 22.9 Å². The molecule has 0 spiro atoms.